The Hall–Kier alpha value is -2.11. The summed E-state index contributed by atoms with van der Waals surface area (Å²) < 4.78 is 19.9. The lowest BCUT2D eigenvalue weighted by Gasteiger charge is -2.23. The van der Waals surface area contributed by atoms with E-state index >= 15 is 0 Å². The third-order valence-corrected chi connectivity index (χ3v) is 4.83. The molecular weight excluding hydrogens is 376 g/mol. The molecule has 1 N–H and O–H groups in total. The van der Waals surface area contributed by atoms with E-state index in [9.17, 15) is 4.39 Å². The first-order valence-electron chi connectivity index (χ1n) is 7.96. The highest BCUT2D eigenvalue weighted by Crippen LogP contribution is 2.37. The van der Waals surface area contributed by atoms with Crippen LogP contribution in [-0.4, -0.2) is 17.1 Å². The average molecular weight is 394 g/mol. The molecule has 0 aliphatic rings. The molecule has 0 spiro atoms. The van der Waals surface area contributed by atoms with Crippen molar-refractivity contribution in [1.82, 2.24) is 9.97 Å². The van der Waals surface area contributed by atoms with Crippen LogP contribution in [-0.2, 0) is 5.41 Å². The fourth-order valence-corrected chi connectivity index (χ4v) is 3.00. The Morgan fingerprint density at radius 2 is 1.85 bits per heavy atom. The molecule has 3 rings (SSSR count). The lowest BCUT2D eigenvalue weighted by atomic mass is 9.85. The van der Waals surface area contributed by atoms with Crippen molar-refractivity contribution in [3.05, 3.63) is 52.0 Å². The van der Waals surface area contributed by atoms with Gasteiger partial charge in [0.1, 0.15) is 17.9 Å². The van der Waals surface area contributed by atoms with E-state index in [0.717, 1.165) is 16.7 Å². The Labute approximate surface area is 161 Å². The zero-order chi connectivity index (χ0) is 19.1. The summed E-state index contributed by atoms with van der Waals surface area (Å²) in [6.07, 6.45) is 1.41. The maximum Gasteiger partial charge on any atom is 0.166 e. The molecule has 3 aromatic rings. The maximum atomic E-state index is 14.4. The third kappa shape index (κ3) is 3.41. The van der Waals surface area contributed by atoms with Crippen LogP contribution in [0.25, 0.3) is 10.9 Å². The van der Waals surface area contributed by atoms with Crippen molar-refractivity contribution in [2.24, 2.45) is 0 Å². The highest BCUT2D eigenvalue weighted by Gasteiger charge is 2.21. The van der Waals surface area contributed by atoms with Crippen molar-refractivity contribution in [2.75, 3.05) is 12.4 Å². The SMILES string of the molecule is COc1cc2ncnc(Nc3ccc(Cl)c(Cl)c3F)c2cc1C(C)(C)C. The van der Waals surface area contributed by atoms with E-state index in [1.807, 2.05) is 12.1 Å². The molecule has 0 aliphatic heterocycles. The molecule has 0 saturated heterocycles. The van der Waals surface area contributed by atoms with E-state index in [4.69, 9.17) is 27.9 Å². The molecule has 1 aromatic heterocycles. The quantitative estimate of drug-likeness (QED) is 0.543. The topological polar surface area (TPSA) is 47.0 Å². The van der Waals surface area contributed by atoms with E-state index in [0.29, 0.717) is 11.3 Å². The number of hydrogen-bond acceptors (Lipinski definition) is 4. The highest BCUT2D eigenvalue weighted by atomic mass is 35.5. The standard InChI is InChI=1S/C19H18Cl2FN3O/c1-19(2,3)11-7-10-14(8-15(11)26-4)23-9-24-18(10)25-13-6-5-12(20)16(21)17(13)22/h5-9H,1-4H3,(H,23,24,25). The predicted octanol–water partition coefficient (Wildman–Crippen LogP) is 6.13. The van der Waals surface area contributed by atoms with Crippen molar-refractivity contribution >= 4 is 45.6 Å². The number of fused-ring (bicyclic) bond motifs is 1. The Kier molecular flexibility index (Phi) is 4.95. The normalized spacial score (nSPS) is 11.7. The van der Waals surface area contributed by atoms with Gasteiger partial charge in [0.2, 0.25) is 0 Å². The van der Waals surface area contributed by atoms with Gasteiger partial charge in [-0.1, -0.05) is 44.0 Å². The minimum absolute atomic E-state index is 0.132. The van der Waals surface area contributed by atoms with Crippen LogP contribution in [0, 0.1) is 5.82 Å². The summed E-state index contributed by atoms with van der Waals surface area (Å²) >= 11 is 11.7. The van der Waals surface area contributed by atoms with Crippen LogP contribution in [0.1, 0.15) is 26.3 Å². The molecule has 0 atom stereocenters. The number of nitrogens with one attached hydrogen (secondary N) is 1. The molecule has 0 bridgehead atoms. The van der Waals surface area contributed by atoms with Crippen LogP contribution in [0.3, 0.4) is 0 Å². The lowest BCUT2D eigenvalue weighted by Crippen LogP contribution is -2.13. The van der Waals surface area contributed by atoms with Gasteiger partial charge >= 0.3 is 0 Å². The number of rotatable bonds is 3. The Balaban J connectivity index is 2.17. The van der Waals surface area contributed by atoms with E-state index in [2.05, 4.69) is 36.1 Å². The predicted molar refractivity (Wildman–Crippen MR) is 104 cm³/mol. The first kappa shape index (κ1) is 18.7. The van der Waals surface area contributed by atoms with Crippen molar-refractivity contribution < 1.29 is 9.13 Å². The number of methoxy groups -OCH3 is 1. The number of halogens is 3. The van der Waals surface area contributed by atoms with Crippen molar-refractivity contribution in [3.8, 4) is 5.75 Å². The second-order valence-corrected chi connectivity index (χ2v) is 7.67. The number of ether oxygens (including phenoxy) is 1. The largest absolute Gasteiger partial charge is 0.496 e. The maximum absolute atomic E-state index is 14.4. The zero-order valence-corrected chi connectivity index (χ0v) is 16.3. The fourth-order valence-electron chi connectivity index (χ4n) is 2.69. The monoisotopic (exact) mass is 393 g/mol. The minimum Gasteiger partial charge on any atom is -0.496 e. The van der Waals surface area contributed by atoms with Gasteiger partial charge in [0.25, 0.3) is 0 Å². The van der Waals surface area contributed by atoms with Crippen molar-refractivity contribution in [1.29, 1.82) is 0 Å². The minimum atomic E-state index is -0.629. The second kappa shape index (κ2) is 6.89. The van der Waals surface area contributed by atoms with Gasteiger partial charge < -0.3 is 10.1 Å². The van der Waals surface area contributed by atoms with Crippen LogP contribution < -0.4 is 10.1 Å². The summed E-state index contributed by atoms with van der Waals surface area (Å²) in [5.41, 5.74) is 1.72. The third-order valence-electron chi connectivity index (χ3n) is 4.05. The van der Waals surface area contributed by atoms with Gasteiger partial charge in [-0.3, -0.25) is 0 Å². The van der Waals surface area contributed by atoms with E-state index in [1.54, 1.807) is 7.11 Å². The number of anilines is 2. The van der Waals surface area contributed by atoms with E-state index in [1.165, 1.54) is 18.5 Å². The van der Waals surface area contributed by atoms with Crippen LogP contribution in [0.2, 0.25) is 10.0 Å². The Morgan fingerprint density at radius 1 is 1.12 bits per heavy atom. The van der Waals surface area contributed by atoms with Crippen molar-refractivity contribution in [3.63, 3.8) is 0 Å². The molecule has 0 aliphatic carbocycles. The van der Waals surface area contributed by atoms with Crippen LogP contribution in [0.4, 0.5) is 15.9 Å². The molecular formula is C19H18Cl2FN3O. The van der Waals surface area contributed by atoms with Gasteiger partial charge in [-0.25, -0.2) is 14.4 Å². The van der Waals surface area contributed by atoms with E-state index in [-0.39, 0.29) is 21.1 Å². The zero-order valence-electron chi connectivity index (χ0n) is 14.8. The molecule has 4 nitrogen and oxygen atoms in total. The summed E-state index contributed by atoms with van der Waals surface area (Å²) in [5.74, 6) is 0.589. The average Bonchev–Trinajstić information content (AvgIpc) is 2.60. The van der Waals surface area contributed by atoms with Gasteiger partial charge in [-0.2, -0.15) is 0 Å². The first-order chi connectivity index (χ1) is 12.2. The number of benzene rings is 2. The smallest absolute Gasteiger partial charge is 0.166 e. The lowest BCUT2D eigenvalue weighted by molar-refractivity contribution is 0.398. The second-order valence-electron chi connectivity index (χ2n) is 6.89. The first-order valence-corrected chi connectivity index (χ1v) is 8.71. The van der Waals surface area contributed by atoms with E-state index < -0.39 is 5.82 Å². The highest BCUT2D eigenvalue weighted by molar-refractivity contribution is 6.42. The van der Waals surface area contributed by atoms with Gasteiger partial charge in [0, 0.05) is 17.0 Å². The molecule has 0 saturated carbocycles. The molecule has 0 fully saturated rings. The van der Waals surface area contributed by atoms with Crippen LogP contribution >= 0.6 is 23.2 Å². The van der Waals surface area contributed by atoms with Gasteiger partial charge in [0.15, 0.2) is 5.82 Å². The van der Waals surface area contributed by atoms with Crippen LogP contribution in [0.15, 0.2) is 30.6 Å². The number of nitrogens with zero attached hydrogens (tertiary/aromatic N) is 2. The number of aromatic nitrogens is 2. The molecule has 0 unspecified atom stereocenters. The molecule has 1 heterocycles. The molecule has 0 amide bonds. The van der Waals surface area contributed by atoms with Crippen LogP contribution in [0.5, 0.6) is 5.75 Å². The molecule has 26 heavy (non-hydrogen) atoms. The van der Waals surface area contributed by atoms with Gasteiger partial charge in [-0.05, 0) is 23.6 Å². The summed E-state index contributed by atoms with van der Waals surface area (Å²) in [6.45, 7) is 6.27. The summed E-state index contributed by atoms with van der Waals surface area (Å²) in [6, 6.07) is 6.87. The summed E-state index contributed by atoms with van der Waals surface area (Å²) in [5, 5.41) is 3.77. The summed E-state index contributed by atoms with van der Waals surface area (Å²) in [7, 11) is 1.63. The Bertz CT molecular complexity index is 987. The molecule has 0 radical (unpaired) electrons. The Morgan fingerprint density at radius 3 is 2.50 bits per heavy atom. The van der Waals surface area contributed by atoms with Gasteiger partial charge in [0.05, 0.1) is 28.4 Å². The molecule has 7 heteroatoms. The fraction of sp³-hybridized carbons (Fsp3) is 0.263. The van der Waals surface area contributed by atoms with Crippen molar-refractivity contribution in [2.45, 2.75) is 26.2 Å². The van der Waals surface area contributed by atoms with Gasteiger partial charge in [-0.15, -0.1) is 0 Å². The molecule has 136 valence electrons. The molecule has 2 aromatic carbocycles. The number of hydrogen-bond donors (Lipinski definition) is 1. The summed E-state index contributed by atoms with van der Waals surface area (Å²) in [4.78, 5) is 8.57.